The summed E-state index contributed by atoms with van der Waals surface area (Å²) in [5.41, 5.74) is 1.06. The number of nitrogens with one attached hydrogen (secondary N) is 1. The topological polar surface area (TPSA) is 47.6 Å². The fraction of sp³-hybridized carbons (Fsp3) is 0.462. The van der Waals surface area contributed by atoms with Gasteiger partial charge in [0.25, 0.3) is 0 Å². The maximum atomic E-state index is 11.8. The fourth-order valence-corrected chi connectivity index (χ4v) is 1.94. The molecular formula is C13H17NO3. The Bertz CT molecular complexity index is 392. The molecule has 1 aromatic rings. The predicted octanol–water partition coefficient (Wildman–Crippen LogP) is 1.35. The molecule has 0 radical (unpaired) electrons. The molecule has 0 saturated heterocycles. The molecule has 1 unspecified atom stereocenters. The average Bonchev–Trinajstić information content (AvgIpc) is 2.30. The van der Waals surface area contributed by atoms with Crippen molar-refractivity contribution < 1.29 is 14.3 Å². The smallest absolute Gasteiger partial charge is 0.310 e. The van der Waals surface area contributed by atoms with E-state index in [9.17, 15) is 4.79 Å². The molecule has 1 heterocycles. The van der Waals surface area contributed by atoms with Gasteiger partial charge in [0.1, 0.15) is 12.5 Å². The zero-order chi connectivity index (χ0) is 12.1. The molecule has 1 aliphatic rings. The van der Waals surface area contributed by atoms with Crippen molar-refractivity contribution in [3.63, 3.8) is 0 Å². The van der Waals surface area contributed by atoms with Gasteiger partial charge in [-0.2, -0.15) is 0 Å². The highest BCUT2D eigenvalue weighted by Crippen LogP contribution is 2.23. The van der Waals surface area contributed by atoms with Crippen LogP contribution < -0.4 is 10.1 Å². The van der Waals surface area contributed by atoms with Crippen LogP contribution in [0.4, 0.5) is 0 Å². The van der Waals surface area contributed by atoms with Crippen molar-refractivity contribution >= 4 is 5.97 Å². The summed E-state index contributed by atoms with van der Waals surface area (Å²) in [5.74, 6) is 0.561. The van der Waals surface area contributed by atoms with Gasteiger partial charge in [0, 0.05) is 6.54 Å². The van der Waals surface area contributed by atoms with Crippen molar-refractivity contribution in [2.75, 3.05) is 19.9 Å². The third kappa shape index (κ3) is 2.97. The van der Waals surface area contributed by atoms with Gasteiger partial charge in [-0.1, -0.05) is 18.2 Å². The number of hydrogen-bond acceptors (Lipinski definition) is 4. The standard InChI is InChI=1S/C13H17NO3/c1-2-16-13(15)11-7-10-5-3-4-6-12(10)17-9-14-8-11/h3-6,11,14H,2,7-9H2,1H3. The van der Waals surface area contributed by atoms with E-state index in [1.807, 2.05) is 31.2 Å². The lowest BCUT2D eigenvalue weighted by Gasteiger charge is -2.21. The summed E-state index contributed by atoms with van der Waals surface area (Å²) in [4.78, 5) is 11.8. The van der Waals surface area contributed by atoms with Gasteiger partial charge in [0.15, 0.2) is 0 Å². The van der Waals surface area contributed by atoms with E-state index in [4.69, 9.17) is 9.47 Å². The van der Waals surface area contributed by atoms with Crippen LogP contribution in [0.2, 0.25) is 0 Å². The van der Waals surface area contributed by atoms with Crippen LogP contribution in [0.3, 0.4) is 0 Å². The Hall–Kier alpha value is -1.55. The quantitative estimate of drug-likeness (QED) is 0.786. The number of fused-ring (bicyclic) bond motifs is 1. The Labute approximate surface area is 101 Å². The Morgan fingerprint density at radius 3 is 3.18 bits per heavy atom. The summed E-state index contributed by atoms with van der Waals surface area (Å²) in [6, 6.07) is 7.80. The summed E-state index contributed by atoms with van der Waals surface area (Å²) < 4.78 is 10.6. The minimum atomic E-state index is -0.142. The fourth-order valence-electron chi connectivity index (χ4n) is 1.94. The molecule has 17 heavy (non-hydrogen) atoms. The first-order valence-corrected chi connectivity index (χ1v) is 5.89. The Morgan fingerprint density at radius 2 is 2.35 bits per heavy atom. The van der Waals surface area contributed by atoms with Crippen LogP contribution in [-0.2, 0) is 16.0 Å². The molecule has 1 aliphatic heterocycles. The number of esters is 1. The van der Waals surface area contributed by atoms with E-state index in [1.54, 1.807) is 0 Å². The Kier molecular flexibility index (Phi) is 3.98. The largest absolute Gasteiger partial charge is 0.478 e. The maximum Gasteiger partial charge on any atom is 0.310 e. The highest BCUT2D eigenvalue weighted by Gasteiger charge is 2.23. The van der Waals surface area contributed by atoms with Gasteiger partial charge >= 0.3 is 5.97 Å². The predicted molar refractivity (Wildman–Crippen MR) is 63.8 cm³/mol. The number of carbonyl (C=O) groups is 1. The number of hydrogen-bond donors (Lipinski definition) is 1. The second kappa shape index (κ2) is 5.68. The van der Waals surface area contributed by atoms with Crippen LogP contribution in [0.5, 0.6) is 5.75 Å². The monoisotopic (exact) mass is 235 g/mol. The van der Waals surface area contributed by atoms with E-state index in [0.29, 0.717) is 26.3 Å². The van der Waals surface area contributed by atoms with Gasteiger partial charge < -0.3 is 9.47 Å². The molecule has 4 heteroatoms. The SMILES string of the molecule is CCOC(=O)C1CNCOc2ccccc2C1. The lowest BCUT2D eigenvalue weighted by Crippen LogP contribution is -2.35. The Morgan fingerprint density at radius 1 is 1.53 bits per heavy atom. The van der Waals surface area contributed by atoms with Gasteiger partial charge in [-0.3, -0.25) is 10.1 Å². The van der Waals surface area contributed by atoms with Crippen LogP contribution >= 0.6 is 0 Å². The molecule has 0 amide bonds. The van der Waals surface area contributed by atoms with Gasteiger partial charge in [-0.05, 0) is 25.0 Å². The Balaban J connectivity index is 2.15. The second-order valence-electron chi connectivity index (χ2n) is 4.00. The van der Waals surface area contributed by atoms with Crippen molar-refractivity contribution in [3.05, 3.63) is 29.8 Å². The van der Waals surface area contributed by atoms with Gasteiger partial charge in [-0.25, -0.2) is 0 Å². The molecule has 4 nitrogen and oxygen atoms in total. The van der Waals surface area contributed by atoms with E-state index in [2.05, 4.69) is 5.32 Å². The normalized spacial score (nSPS) is 19.5. The summed E-state index contributed by atoms with van der Waals surface area (Å²) in [5, 5.41) is 3.09. The lowest BCUT2D eigenvalue weighted by molar-refractivity contribution is -0.147. The molecule has 0 saturated carbocycles. The molecular weight excluding hydrogens is 218 g/mol. The van der Waals surface area contributed by atoms with E-state index >= 15 is 0 Å². The summed E-state index contributed by atoms with van der Waals surface area (Å²) in [6.45, 7) is 3.26. The number of carbonyl (C=O) groups excluding carboxylic acids is 1. The number of rotatable bonds is 2. The van der Waals surface area contributed by atoms with Crippen molar-refractivity contribution in [1.82, 2.24) is 5.32 Å². The molecule has 92 valence electrons. The number of ether oxygens (including phenoxy) is 2. The van der Waals surface area contributed by atoms with Crippen molar-refractivity contribution in [2.24, 2.45) is 5.92 Å². The van der Waals surface area contributed by atoms with E-state index in [-0.39, 0.29) is 11.9 Å². The first kappa shape index (κ1) is 11.9. The van der Waals surface area contributed by atoms with Crippen LogP contribution in [-0.4, -0.2) is 25.9 Å². The van der Waals surface area contributed by atoms with Gasteiger partial charge in [-0.15, -0.1) is 0 Å². The third-order valence-electron chi connectivity index (χ3n) is 2.78. The maximum absolute atomic E-state index is 11.8. The minimum Gasteiger partial charge on any atom is -0.478 e. The van der Waals surface area contributed by atoms with Crippen LogP contribution in [0.1, 0.15) is 12.5 Å². The average molecular weight is 235 g/mol. The second-order valence-corrected chi connectivity index (χ2v) is 4.00. The van der Waals surface area contributed by atoms with Crippen molar-refractivity contribution in [1.29, 1.82) is 0 Å². The summed E-state index contributed by atoms with van der Waals surface area (Å²) >= 11 is 0. The van der Waals surface area contributed by atoms with Crippen molar-refractivity contribution in [3.8, 4) is 5.75 Å². The highest BCUT2D eigenvalue weighted by molar-refractivity contribution is 5.73. The molecule has 1 N–H and O–H groups in total. The third-order valence-corrected chi connectivity index (χ3v) is 2.78. The molecule has 2 rings (SSSR count). The molecule has 0 spiro atoms. The number of benzene rings is 1. The number of para-hydroxylation sites is 1. The van der Waals surface area contributed by atoms with E-state index in [1.165, 1.54) is 0 Å². The molecule has 0 aliphatic carbocycles. The van der Waals surface area contributed by atoms with Crippen LogP contribution in [0.15, 0.2) is 24.3 Å². The van der Waals surface area contributed by atoms with Gasteiger partial charge in [0.05, 0.1) is 12.5 Å². The minimum absolute atomic E-state index is 0.139. The van der Waals surface area contributed by atoms with E-state index < -0.39 is 0 Å². The van der Waals surface area contributed by atoms with E-state index in [0.717, 1.165) is 11.3 Å². The zero-order valence-electron chi connectivity index (χ0n) is 9.94. The zero-order valence-corrected chi connectivity index (χ0v) is 9.94. The van der Waals surface area contributed by atoms with Crippen LogP contribution in [0.25, 0.3) is 0 Å². The first-order chi connectivity index (χ1) is 8.31. The summed E-state index contributed by atoms with van der Waals surface area (Å²) in [6.07, 6.45) is 0.655. The molecule has 1 aromatic carbocycles. The lowest BCUT2D eigenvalue weighted by atomic mass is 9.98. The van der Waals surface area contributed by atoms with Gasteiger partial charge in [0.2, 0.25) is 0 Å². The van der Waals surface area contributed by atoms with Crippen molar-refractivity contribution in [2.45, 2.75) is 13.3 Å². The summed E-state index contributed by atoms with van der Waals surface area (Å²) in [7, 11) is 0. The molecule has 1 atom stereocenters. The van der Waals surface area contributed by atoms with Crippen LogP contribution in [0, 0.1) is 5.92 Å². The molecule has 0 bridgehead atoms. The molecule has 0 aromatic heterocycles. The highest BCUT2D eigenvalue weighted by atomic mass is 16.5. The first-order valence-electron chi connectivity index (χ1n) is 5.89. The molecule has 0 fully saturated rings.